The molecule has 2 aromatic heterocycles. The molecular weight excluding hydrogens is 507 g/mol. The van der Waals surface area contributed by atoms with Crippen LogP contribution >= 0.6 is 19.3 Å². The summed E-state index contributed by atoms with van der Waals surface area (Å²) in [5.41, 5.74) is 5.74. The number of aromatic nitrogens is 4. The van der Waals surface area contributed by atoms with E-state index in [1.54, 1.807) is 45.5 Å². The van der Waals surface area contributed by atoms with Crippen LogP contribution in [-0.2, 0) is 34.7 Å². The molecule has 3 N–H and O–H groups in total. The first kappa shape index (κ1) is 30.2. The predicted octanol–water partition coefficient (Wildman–Crippen LogP) is 3.36. The lowest BCUT2D eigenvalue weighted by atomic mass is 10.1. The smallest absolute Gasteiger partial charge is 0.308 e. The van der Waals surface area contributed by atoms with Crippen LogP contribution in [0.2, 0.25) is 0 Å². The molecule has 0 aromatic carbocycles. The zero-order valence-electron chi connectivity index (χ0n) is 21.7. The standard InChI is InChI=1S/C22H37N6O6PS/c1-7-10-36-21(30)22(5,6)27-35(31,33-9-8-17(29)34-15(2)3)14-32-16(4)11-28-13-26-18-19(23)24-12-25-20(18)28/h12-13,15-16H,7-11,14H2,1-6H3,(H,27,31)(H2,23,24,25). The molecule has 0 saturated heterocycles. The Bertz CT molecular complexity index is 1080. The number of carbonyl (C=O) groups excluding carboxylic acids is 2. The van der Waals surface area contributed by atoms with E-state index in [-0.39, 0.29) is 36.4 Å². The van der Waals surface area contributed by atoms with E-state index >= 15 is 0 Å². The van der Waals surface area contributed by atoms with Crippen molar-refractivity contribution in [2.75, 3.05) is 24.4 Å². The first-order chi connectivity index (χ1) is 16.9. The third-order valence-electron chi connectivity index (χ3n) is 4.78. The third kappa shape index (κ3) is 9.11. The molecule has 0 radical (unpaired) electrons. The van der Waals surface area contributed by atoms with Gasteiger partial charge in [0, 0.05) is 5.75 Å². The first-order valence-electron chi connectivity index (χ1n) is 11.8. The van der Waals surface area contributed by atoms with Gasteiger partial charge < -0.3 is 24.3 Å². The van der Waals surface area contributed by atoms with E-state index in [1.165, 1.54) is 6.33 Å². The van der Waals surface area contributed by atoms with Gasteiger partial charge in [-0.1, -0.05) is 18.7 Å². The summed E-state index contributed by atoms with van der Waals surface area (Å²) in [7, 11) is -3.70. The van der Waals surface area contributed by atoms with Crippen LogP contribution in [-0.4, -0.2) is 67.1 Å². The molecule has 0 spiro atoms. The average molecular weight is 545 g/mol. The minimum absolute atomic E-state index is 0.0828. The fourth-order valence-corrected chi connectivity index (χ4v) is 6.01. The second-order valence-corrected chi connectivity index (χ2v) is 12.3. The van der Waals surface area contributed by atoms with Crippen molar-refractivity contribution in [3.05, 3.63) is 12.7 Å². The molecule has 0 amide bonds. The minimum Gasteiger partial charge on any atom is -0.463 e. The number of nitrogen functional groups attached to an aromatic ring is 1. The van der Waals surface area contributed by atoms with Gasteiger partial charge in [0.1, 0.15) is 18.2 Å². The van der Waals surface area contributed by atoms with Crippen molar-refractivity contribution in [2.45, 2.75) is 78.7 Å². The van der Waals surface area contributed by atoms with Crippen molar-refractivity contribution >= 4 is 47.3 Å². The van der Waals surface area contributed by atoms with E-state index < -0.39 is 25.1 Å². The quantitative estimate of drug-likeness (QED) is 0.249. The topological polar surface area (TPSA) is 161 Å². The average Bonchev–Trinajstić information content (AvgIpc) is 3.19. The summed E-state index contributed by atoms with van der Waals surface area (Å²) in [5.74, 6) is 0.461. The molecule has 0 aliphatic carbocycles. The van der Waals surface area contributed by atoms with Gasteiger partial charge in [-0.25, -0.2) is 20.0 Å². The monoisotopic (exact) mass is 544 g/mol. The van der Waals surface area contributed by atoms with Gasteiger partial charge in [-0.15, -0.1) is 0 Å². The van der Waals surface area contributed by atoms with Crippen molar-refractivity contribution < 1.29 is 28.2 Å². The maximum absolute atomic E-state index is 13.7. The minimum atomic E-state index is -3.70. The number of thioether (sulfide) groups is 1. The number of anilines is 1. The number of nitrogens with one attached hydrogen (secondary N) is 1. The molecule has 2 rings (SSSR count). The van der Waals surface area contributed by atoms with Crippen LogP contribution in [0.5, 0.6) is 0 Å². The molecule has 0 bridgehead atoms. The number of rotatable bonds is 15. The first-order valence-corrected chi connectivity index (χ1v) is 14.6. The van der Waals surface area contributed by atoms with Gasteiger partial charge in [0.15, 0.2) is 11.5 Å². The van der Waals surface area contributed by atoms with Gasteiger partial charge in [-0.2, -0.15) is 0 Å². The second kappa shape index (κ2) is 13.5. The van der Waals surface area contributed by atoms with Gasteiger partial charge in [-0.3, -0.25) is 14.2 Å². The van der Waals surface area contributed by atoms with Crippen LogP contribution in [0.15, 0.2) is 12.7 Å². The molecule has 36 heavy (non-hydrogen) atoms. The number of esters is 1. The Kier molecular flexibility index (Phi) is 11.3. The summed E-state index contributed by atoms with van der Waals surface area (Å²) >= 11 is 1.16. The van der Waals surface area contributed by atoms with Crippen LogP contribution in [0.25, 0.3) is 11.2 Å². The highest BCUT2D eigenvalue weighted by Gasteiger charge is 2.37. The SMILES string of the molecule is CCCSC(=O)C(C)(C)NP(=O)(COC(C)Cn1cnc2c(N)ncnc21)OCCC(=O)OC(C)C. The number of hydrogen-bond acceptors (Lipinski definition) is 11. The van der Waals surface area contributed by atoms with Crippen molar-refractivity contribution in [2.24, 2.45) is 0 Å². The number of nitrogens with zero attached hydrogens (tertiary/aromatic N) is 4. The Labute approximate surface area is 216 Å². The summed E-state index contributed by atoms with van der Waals surface area (Å²) < 4.78 is 32.1. The number of hydrogen-bond donors (Lipinski definition) is 2. The Morgan fingerprint density at radius 3 is 2.64 bits per heavy atom. The molecule has 2 heterocycles. The molecule has 0 aliphatic rings. The predicted molar refractivity (Wildman–Crippen MR) is 140 cm³/mol. The molecule has 202 valence electrons. The summed E-state index contributed by atoms with van der Waals surface area (Å²) in [4.78, 5) is 37.0. The lowest BCUT2D eigenvalue weighted by molar-refractivity contribution is -0.147. The van der Waals surface area contributed by atoms with Gasteiger partial charge in [0.2, 0.25) is 5.12 Å². The summed E-state index contributed by atoms with van der Waals surface area (Å²) in [6.45, 7) is 10.7. The zero-order chi connectivity index (χ0) is 26.9. The maximum Gasteiger partial charge on any atom is 0.308 e. The van der Waals surface area contributed by atoms with Crippen LogP contribution in [0, 0.1) is 0 Å². The molecule has 12 nitrogen and oxygen atoms in total. The van der Waals surface area contributed by atoms with E-state index in [9.17, 15) is 14.2 Å². The van der Waals surface area contributed by atoms with Crippen LogP contribution in [0.1, 0.15) is 54.4 Å². The van der Waals surface area contributed by atoms with Gasteiger partial charge >= 0.3 is 5.97 Å². The molecule has 14 heteroatoms. The molecule has 2 unspecified atom stereocenters. The highest BCUT2D eigenvalue weighted by atomic mass is 32.2. The lowest BCUT2D eigenvalue weighted by Gasteiger charge is -2.30. The molecule has 0 fully saturated rings. The summed E-state index contributed by atoms with van der Waals surface area (Å²) in [6, 6.07) is 0. The van der Waals surface area contributed by atoms with E-state index in [1.807, 2.05) is 6.92 Å². The number of fused-ring (bicyclic) bond motifs is 1. The van der Waals surface area contributed by atoms with Crippen molar-refractivity contribution in [3.8, 4) is 0 Å². The largest absolute Gasteiger partial charge is 0.463 e. The normalized spacial score (nSPS) is 14.6. The highest BCUT2D eigenvalue weighted by molar-refractivity contribution is 8.13. The van der Waals surface area contributed by atoms with Crippen LogP contribution in [0.3, 0.4) is 0 Å². The van der Waals surface area contributed by atoms with E-state index in [0.717, 1.165) is 18.2 Å². The summed E-state index contributed by atoms with van der Waals surface area (Å²) in [5, 5.41) is 2.71. The highest BCUT2D eigenvalue weighted by Crippen LogP contribution is 2.45. The zero-order valence-corrected chi connectivity index (χ0v) is 23.4. The number of nitrogens with two attached hydrogens (primary N) is 1. The van der Waals surface area contributed by atoms with Gasteiger partial charge in [0.05, 0.1) is 43.6 Å². The van der Waals surface area contributed by atoms with Crippen molar-refractivity contribution in [1.29, 1.82) is 0 Å². The van der Waals surface area contributed by atoms with Gasteiger partial charge in [-0.05, 0) is 41.0 Å². The lowest BCUT2D eigenvalue weighted by Crippen LogP contribution is -2.44. The molecular formula is C22H37N6O6PS. The van der Waals surface area contributed by atoms with Crippen LogP contribution in [0.4, 0.5) is 5.82 Å². The van der Waals surface area contributed by atoms with Gasteiger partial charge in [0.25, 0.3) is 7.52 Å². The Balaban J connectivity index is 2.08. The van der Waals surface area contributed by atoms with E-state index in [0.29, 0.717) is 23.5 Å². The Morgan fingerprint density at radius 1 is 1.25 bits per heavy atom. The van der Waals surface area contributed by atoms with Crippen molar-refractivity contribution in [1.82, 2.24) is 24.6 Å². The van der Waals surface area contributed by atoms with E-state index in [4.69, 9.17) is 19.7 Å². The molecule has 0 saturated carbocycles. The van der Waals surface area contributed by atoms with Crippen LogP contribution < -0.4 is 10.8 Å². The maximum atomic E-state index is 13.7. The second-order valence-electron chi connectivity index (χ2n) is 9.10. The van der Waals surface area contributed by atoms with E-state index in [2.05, 4.69) is 20.0 Å². The molecule has 2 aromatic rings. The fourth-order valence-electron chi connectivity index (χ4n) is 3.13. The number of carbonyl (C=O) groups is 2. The number of ether oxygens (including phenoxy) is 2. The Morgan fingerprint density at radius 2 is 1.97 bits per heavy atom. The Hall–Kier alpha value is -2.05. The third-order valence-corrected chi connectivity index (χ3v) is 8.16. The molecule has 0 aliphatic heterocycles. The summed E-state index contributed by atoms with van der Waals surface area (Å²) in [6.07, 6.45) is 2.69. The molecule has 2 atom stereocenters. The fraction of sp³-hybridized carbons (Fsp3) is 0.682. The number of imidazole rings is 1. The van der Waals surface area contributed by atoms with Crippen molar-refractivity contribution in [3.63, 3.8) is 0 Å².